The van der Waals surface area contributed by atoms with E-state index in [0.29, 0.717) is 12.0 Å². The van der Waals surface area contributed by atoms with Gasteiger partial charge >= 0.3 is 0 Å². The van der Waals surface area contributed by atoms with E-state index in [2.05, 4.69) is 28.9 Å². The number of rotatable bonds is 6. The van der Waals surface area contributed by atoms with Crippen LogP contribution < -0.4 is 5.32 Å². The molecule has 108 valence electrons. The van der Waals surface area contributed by atoms with E-state index in [4.69, 9.17) is 11.6 Å². The van der Waals surface area contributed by atoms with Crippen molar-refractivity contribution in [2.24, 2.45) is 0 Å². The first-order valence-electron chi connectivity index (χ1n) is 7.72. The molecule has 1 aromatic rings. The number of halogens is 1. The van der Waals surface area contributed by atoms with Crippen LogP contribution >= 0.6 is 11.6 Å². The zero-order chi connectivity index (χ0) is 13.7. The molecule has 19 heavy (non-hydrogen) atoms. The van der Waals surface area contributed by atoms with Gasteiger partial charge in [0.1, 0.15) is 0 Å². The summed E-state index contributed by atoms with van der Waals surface area (Å²) in [5.74, 6) is 0.529. The maximum absolute atomic E-state index is 6.40. The third-order valence-corrected chi connectivity index (χ3v) is 4.33. The molecule has 0 bridgehead atoms. The van der Waals surface area contributed by atoms with Crippen LogP contribution in [0.15, 0.2) is 6.20 Å². The van der Waals surface area contributed by atoms with Crippen molar-refractivity contribution in [3.05, 3.63) is 16.9 Å². The molecule has 1 saturated carbocycles. The Hall–Kier alpha value is -0.540. The molecule has 2 unspecified atom stereocenters. The fourth-order valence-corrected chi connectivity index (χ4v) is 3.44. The van der Waals surface area contributed by atoms with Crippen molar-refractivity contribution in [2.45, 2.75) is 70.9 Å². The van der Waals surface area contributed by atoms with Gasteiger partial charge in [-0.15, -0.1) is 0 Å². The summed E-state index contributed by atoms with van der Waals surface area (Å²) in [7, 11) is 0. The summed E-state index contributed by atoms with van der Waals surface area (Å²) in [6.45, 7) is 6.48. The Balaban J connectivity index is 2.18. The van der Waals surface area contributed by atoms with Crippen LogP contribution in [0, 0.1) is 0 Å². The minimum atomic E-state index is 0.529. The Morgan fingerprint density at radius 2 is 2.11 bits per heavy atom. The van der Waals surface area contributed by atoms with Crippen molar-refractivity contribution in [3.63, 3.8) is 0 Å². The molecule has 2 atom stereocenters. The van der Waals surface area contributed by atoms with Crippen LogP contribution in [-0.2, 0) is 6.54 Å². The summed E-state index contributed by atoms with van der Waals surface area (Å²) < 4.78 is 2.12. The Morgan fingerprint density at radius 1 is 1.32 bits per heavy atom. The molecule has 0 radical (unpaired) electrons. The van der Waals surface area contributed by atoms with Gasteiger partial charge in [-0.3, -0.25) is 4.68 Å². The van der Waals surface area contributed by atoms with Gasteiger partial charge in [-0.25, -0.2) is 0 Å². The molecule has 0 saturated heterocycles. The quantitative estimate of drug-likeness (QED) is 0.856. The summed E-state index contributed by atoms with van der Waals surface area (Å²) >= 11 is 6.40. The molecule has 1 aliphatic rings. The van der Waals surface area contributed by atoms with Crippen LogP contribution in [0.2, 0.25) is 5.02 Å². The highest BCUT2D eigenvalue weighted by Gasteiger charge is 2.30. The van der Waals surface area contributed by atoms with Gasteiger partial charge in [0, 0.05) is 18.5 Å². The summed E-state index contributed by atoms with van der Waals surface area (Å²) in [4.78, 5) is 0. The second-order valence-electron chi connectivity index (χ2n) is 5.55. The first-order valence-corrected chi connectivity index (χ1v) is 8.10. The topological polar surface area (TPSA) is 29.9 Å². The van der Waals surface area contributed by atoms with Gasteiger partial charge in [-0.1, -0.05) is 38.3 Å². The van der Waals surface area contributed by atoms with E-state index in [1.54, 1.807) is 0 Å². The molecule has 0 aromatic carbocycles. The SMILES string of the molecule is CCCNC1CCCCC1c1c(Cl)cnn1CCC. The molecule has 1 N–H and O–H groups in total. The molecule has 3 nitrogen and oxygen atoms in total. The molecule has 1 heterocycles. The van der Waals surface area contributed by atoms with Gasteiger partial charge in [-0.2, -0.15) is 5.10 Å². The highest BCUT2D eigenvalue weighted by atomic mass is 35.5. The van der Waals surface area contributed by atoms with Gasteiger partial charge in [0.25, 0.3) is 0 Å². The first kappa shape index (κ1) is 14.9. The zero-order valence-electron chi connectivity index (χ0n) is 12.2. The van der Waals surface area contributed by atoms with Crippen LogP contribution in [0.5, 0.6) is 0 Å². The van der Waals surface area contributed by atoms with Crippen LogP contribution in [0.3, 0.4) is 0 Å². The maximum Gasteiger partial charge on any atom is 0.0821 e. The second-order valence-corrected chi connectivity index (χ2v) is 5.96. The molecule has 1 aromatic heterocycles. The van der Waals surface area contributed by atoms with Crippen molar-refractivity contribution >= 4 is 11.6 Å². The second kappa shape index (κ2) is 7.30. The minimum absolute atomic E-state index is 0.529. The monoisotopic (exact) mass is 283 g/mol. The number of aromatic nitrogens is 2. The van der Waals surface area contributed by atoms with E-state index in [0.717, 1.165) is 24.5 Å². The number of nitrogens with zero attached hydrogens (tertiary/aromatic N) is 2. The first-order chi connectivity index (χ1) is 9.27. The summed E-state index contributed by atoms with van der Waals surface area (Å²) in [6, 6.07) is 0.568. The van der Waals surface area contributed by atoms with Gasteiger partial charge in [-0.05, 0) is 32.2 Å². The van der Waals surface area contributed by atoms with Crippen molar-refractivity contribution in [2.75, 3.05) is 6.54 Å². The Labute approximate surface area is 121 Å². The van der Waals surface area contributed by atoms with Crippen molar-refractivity contribution in [1.82, 2.24) is 15.1 Å². The van der Waals surface area contributed by atoms with Crippen LogP contribution in [0.1, 0.15) is 64.0 Å². The fraction of sp³-hybridized carbons (Fsp3) is 0.800. The minimum Gasteiger partial charge on any atom is -0.313 e. The third kappa shape index (κ3) is 3.51. The molecule has 0 aliphatic heterocycles. The number of nitrogens with one attached hydrogen (secondary N) is 1. The molecule has 4 heteroatoms. The lowest BCUT2D eigenvalue weighted by molar-refractivity contribution is 0.314. The largest absolute Gasteiger partial charge is 0.313 e. The smallest absolute Gasteiger partial charge is 0.0821 e. The zero-order valence-corrected chi connectivity index (χ0v) is 12.9. The molecular weight excluding hydrogens is 258 g/mol. The lowest BCUT2D eigenvalue weighted by atomic mass is 9.82. The average molecular weight is 284 g/mol. The molecular formula is C15H26ClN3. The third-order valence-electron chi connectivity index (χ3n) is 4.04. The maximum atomic E-state index is 6.40. The van der Waals surface area contributed by atoms with Crippen LogP contribution in [0.4, 0.5) is 0 Å². The normalized spacial score (nSPS) is 23.7. The number of hydrogen-bond acceptors (Lipinski definition) is 2. The Morgan fingerprint density at radius 3 is 2.84 bits per heavy atom. The molecule has 2 rings (SSSR count). The highest BCUT2D eigenvalue weighted by molar-refractivity contribution is 6.31. The fourth-order valence-electron chi connectivity index (χ4n) is 3.16. The molecule has 0 amide bonds. The van der Waals surface area contributed by atoms with Crippen molar-refractivity contribution < 1.29 is 0 Å². The lowest BCUT2D eigenvalue weighted by Gasteiger charge is -2.33. The highest BCUT2D eigenvalue weighted by Crippen LogP contribution is 2.36. The predicted molar refractivity (Wildman–Crippen MR) is 80.8 cm³/mol. The van der Waals surface area contributed by atoms with E-state index in [-0.39, 0.29) is 0 Å². The summed E-state index contributed by atoms with van der Waals surface area (Å²) in [5.41, 5.74) is 1.26. The lowest BCUT2D eigenvalue weighted by Crippen LogP contribution is -2.38. The van der Waals surface area contributed by atoms with Gasteiger partial charge in [0.05, 0.1) is 16.9 Å². The molecule has 0 spiro atoms. The van der Waals surface area contributed by atoms with E-state index < -0.39 is 0 Å². The standard InChI is InChI=1S/C15H26ClN3/c1-3-9-17-14-8-6-5-7-12(14)15-13(16)11-18-19(15)10-4-2/h11-12,14,17H,3-10H2,1-2H3. The predicted octanol–water partition coefficient (Wildman–Crippen LogP) is 3.97. The van der Waals surface area contributed by atoms with Gasteiger partial charge < -0.3 is 5.32 Å². The van der Waals surface area contributed by atoms with E-state index in [9.17, 15) is 0 Å². The number of aryl methyl sites for hydroxylation is 1. The molecule has 1 aliphatic carbocycles. The molecule has 1 fully saturated rings. The summed E-state index contributed by atoms with van der Waals surface area (Å²) in [5, 5.41) is 9.01. The Kier molecular flexibility index (Phi) is 5.71. The number of hydrogen-bond donors (Lipinski definition) is 1. The summed E-state index contributed by atoms with van der Waals surface area (Å²) in [6.07, 6.45) is 9.24. The van der Waals surface area contributed by atoms with Crippen LogP contribution in [0.25, 0.3) is 0 Å². The van der Waals surface area contributed by atoms with E-state index in [1.807, 2.05) is 6.20 Å². The van der Waals surface area contributed by atoms with Crippen molar-refractivity contribution in [3.8, 4) is 0 Å². The van der Waals surface area contributed by atoms with Crippen molar-refractivity contribution in [1.29, 1.82) is 0 Å². The van der Waals surface area contributed by atoms with Gasteiger partial charge in [0.15, 0.2) is 0 Å². The Bertz CT molecular complexity index is 389. The average Bonchev–Trinajstić information content (AvgIpc) is 2.78. The van der Waals surface area contributed by atoms with Crippen LogP contribution in [-0.4, -0.2) is 22.4 Å². The van der Waals surface area contributed by atoms with E-state index >= 15 is 0 Å². The van der Waals surface area contributed by atoms with E-state index in [1.165, 1.54) is 37.8 Å². The van der Waals surface area contributed by atoms with Gasteiger partial charge in [0.2, 0.25) is 0 Å².